The van der Waals surface area contributed by atoms with Gasteiger partial charge in [-0.2, -0.15) is 11.8 Å². The summed E-state index contributed by atoms with van der Waals surface area (Å²) in [5.41, 5.74) is 6.80. The van der Waals surface area contributed by atoms with Crippen molar-refractivity contribution >= 4 is 40.3 Å². The van der Waals surface area contributed by atoms with Gasteiger partial charge in [-0.05, 0) is 6.26 Å². The summed E-state index contributed by atoms with van der Waals surface area (Å²) in [5.74, 6) is 0.976. The van der Waals surface area contributed by atoms with E-state index < -0.39 is 17.7 Å². The van der Waals surface area contributed by atoms with Crippen LogP contribution in [0.15, 0.2) is 12.7 Å². The predicted molar refractivity (Wildman–Crippen MR) is 77.7 cm³/mol. The van der Waals surface area contributed by atoms with E-state index in [9.17, 15) is 5.11 Å². The molecule has 9 heteroatoms. The Hall–Kier alpha value is -1.09. The first-order valence-corrected chi connectivity index (χ1v) is 7.86. The fraction of sp³-hybridized carbons (Fsp3) is 0.545. The summed E-state index contributed by atoms with van der Waals surface area (Å²) in [7, 11) is 0. The normalized spacial score (nSPS) is 30.1. The Bertz CT molecular complexity index is 624. The van der Waals surface area contributed by atoms with Crippen molar-refractivity contribution in [3.8, 4) is 0 Å². The molecule has 20 heavy (non-hydrogen) atoms. The number of fused-ring (bicyclic) bond motifs is 1. The average Bonchev–Trinajstić information content (AvgIpc) is 2.97. The molecule has 1 saturated heterocycles. The predicted octanol–water partition coefficient (Wildman–Crippen LogP) is 0.637. The van der Waals surface area contributed by atoms with Crippen LogP contribution in [0.1, 0.15) is 6.23 Å². The molecule has 4 atom stereocenters. The molecular formula is C11H14ClN5O2S. The van der Waals surface area contributed by atoms with E-state index in [1.807, 2.05) is 6.26 Å². The van der Waals surface area contributed by atoms with Gasteiger partial charge >= 0.3 is 0 Å². The molecule has 1 aliphatic rings. The first-order valence-electron chi connectivity index (χ1n) is 6.03. The van der Waals surface area contributed by atoms with Gasteiger partial charge in [0.15, 0.2) is 17.7 Å². The van der Waals surface area contributed by atoms with E-state index in [2.05, 4.69) is 15.0 Å². The highest BCUT2D eigenvalue weighted by Gasteiger charge is 2.43. The Morgan fingerprint density at radius 2 is 2.30 bits per heavy atom. The van der Waals surface area contributed by atoms with Crippen molar-refractivity contribution in [1.82, 2.24) is 19.5 Å². The maximum Gasteiger partial charge on any atom is 0.167 e. The number of hydrogen-bond acceptors (Lipinski definition) is 7. The molecule has 0 saturated carbocycles. The monoisotopic (exact) mass is 315 g/mol. The third-order valence-corrected chi connectivity index (χ3v) is 4.42. The Kier molecular flexibility index (Phi) is 3.72. The highest BCUT2D eigenvalue weighted by atomic mass is 35.5. The first-order chi connectivity index (χ1) is 9.63. The number of rotatable bonds is 3. The third kappa shape index (κ3) is 2.12. The van der Waals surface area contributed by atoms with Gasteiger partial charge in [-0.15, -0.1) is 11.6 Å². The molecule has 3 N–H and O–H groups in total. The van der Waals surface area contributed by atoms with Gasteiger partial charge in [-0.1, -0.05) is 0 Å². The largest absolute Gasteiger partial charge is 0.389 e. The lowest BCUT2D eigenvalue weighted by atomic mass is 10.2. The van der Waals surface area contributed by atoms with Crippen LogP contribution in [0, 0.1) is 0 Å². The van der Waals surface area contributed by atoms with Crippen molar-refractivity contribution in [3.05, 3.63) is 12.7 Å². The number of thioether (sulfide) groups is 1. The number of ether oxygens (including phenoxy) is 1. The molecule has 3 heterocycles. The zero-order valence-corrected chi connectivity index (χ0v) is 12.3. The Labute approximate surface area is 124 Å². The summed E-state index contributed by atoms with van der Waals surface area (Å²) in [5, 5.41) is 9.55. The van der Waals surface area contributed by atoms with Crippen LogP contribution in [0.25, 0.3) is 11.2 Å². The van der Waals surface area contributed by atoms with Gasteiger partial charge in [0.1, 0.15) is 23.3 Å². The van der Waals surface area contributed by atoms with Gasteiger partial charge in [-0.3, -0.25) is 4.57 Å². The number of imidazole rings is 1. The van der Waals surface area contributed by atoms with Crippen LogP contribution < -0.4 is 5.73 Å². The van der Waals surface area contributed by atoms with Gasteiger partial charge in [0.2, 0.25) is 0 Å². The molecule has 1 aliphatic heterocycles. The minimum absolute atomic E-state index is 0.305. The second-order valence-corrected chi connectivity index (χ2v) is 5.95. The standard InChI is InChI=1S/C11H14ClN5O2S/c1-20-2-5-8(18)6(12)11(19-5)17-4-16-7-9(13)14-3-15-10(7)17/h3-6,8,11,18H,2H2,1H3,(H2,13,14,15)/t5?,6-,8-,11-/m1/s1. The van der Waals surface area contributed by atoms with Crippen molar-refractivity contribution in [1.29, 1.82) is 0 Å². The van der Waals surface area contributed by atoms with Crippen molar-refractivity contribution in [2.45, 2.75) is 23.8 Å². The van der Waals surface area contributed by atoms with Crippen molar-refractivity contribution in [2.24, 2.45) is 0 Å². The highest BCUT2D eigenvalue weighted by Crippen LogP contribution is 2.36. The van der Waals surface area contributed by atoms with Gasteiger partial charge in [0.05, 0.1) is 12.4 Å². The maximum absolute atomic E-state index is 10.1. The minimum Gasteiger partial charge on any atom is -0.389 e. The van der Waals surface area contributed by atoms with E-state index >= 15 is 0 Å². The van der Waals surface area contributed by atoms with E-state index in [-0.39, 0.29) is 6.10 Å². The van der Waals surface area contributed by atoms with Crippen LogP contribution in [0.2, 0.25) is 0 Å². The Morgan fingerprint density at radius 3 is 3.05 bits per heavy atom. The number of alkyl halides is 1. The summed E-state index contributed by atoms with van der Waals surface area (Å²) in [6.07, 6.45) is 3.31. The molecule has 3 rings (SSSR count). The van der Waals surface area contributed by atoms with Crippen molar-refractivity contribution in [2.75, 3.05) is 17.7 Å². The number of anilines is 1. The van der Waals surface area contributed by atoms with E-state index in [1.165, 1.54) is 6.33 Å². The summed E-state index contributed by atoms with van der Waals surface area (Å²) < 4.78 is 7.53. The number of aromatic nitrogens is 4. The van der Waals surface area contributed by atoms with Gasteiger partial charge in [0.25, 0.3) is 0 Å². The van der Waals surface area contributed by atoms with E-state index in [0.29, 0.717) is 22.7 Å². The van der Waals surface area contributed by atoms with Crippen LogP contribution >= 0.6 is 23.4 Å². The third-order valence-electron chi connectivity index (χ3n) is 3.29. The molecule has 0 radical (unpaired) electrons. The number of nitrogens with zero attached hydrogens (tertiary/aromatic N) is 4. The molecule has 0 spiro atoms. The molecule has 1 unspecified atom stereocenters. The summed E-state index contributed by atoms with van der Waals surface area (Å²) in [6.45, 7) is 0. The molecule has 0 bridgehead atoms. The van der Waals surface area contributed by atoms with Crippen molar-refractivity contribution in [3.63, 3.8) is 0 Å². The number of nitrogen functional groups attached to an aromatic ring is 1. The molecule has 1 fully saturated rings. The Morgan fingerprint density at radius 1 is 1.50 bits per heavy atom. The summed E-state index contributed by atoms with van der Waals surface area (Å²) >= 11 is 7.88. The van der Waals surface area contributed by atoms with Gasteiger partial charge in [-0.25, -0.2) is 15.0 Å². The number of aliphatic hydroxyl groups is 1. The summed E-state index contributed by atoms with van der Waals surface area (Å²) in [4.78, 5) is 12.2. The van der Waals surface area contributed by atoms with Crippen LogP contribution in [0.3, 0.4) is 0 Å². The number of hydrogen-bond donors (Lipinski definition) is 2. The highest BCUT2D eigenvalue weighted by molar-refractivity contribution is 7.98. The fourth-order valence-electron chi connectivity index (χ4n) is 2.29. The minimum atomic E-state index is -0.731. The molecule has 2 aromatic heterocycles. The molecule has 0 aromatic carbocycles. The fourth-order valence-corrected chi connectivity index (χ4v) is 3.23. The quantitative estimate of drug-likeness (QED) is 0.802. The van der Waals surface area contributed by atoms with Crippen LogP contribution in [-0.4, -0.2) is 54.2 Å². The van der Waals surface area contributed by atoms with Crippen LogP contribution in [-0.2, 0) is 4.74 Å². The van der Waals surface area contributed by atoms with E-state index in [4.69, 9.17) is 22.1 Å². The molecule has 7 nitrogen and oxygen atoms in total. The van der Waals surface area contributed by atoms with Gasteiger partial charge in [0, 0.05) is 5.75 Å². The second-order valence-electron chi connectivity index (χ2n) is 4.54. The molecule has 0 aliphatic carbocycles. The SMILES string of the molecule is CSCC1O[C@@H](n2cnc3c(N)ncnc32)[C@H](Cl)[C@@H]1O. The molecular weight excluding hydrogens is 302 g/mol. The van der Waals surface area contributed by atoms with E-state index in [1.54, 1.807) is 22.7 Å². The topological polar surface area (TPSA) is 99.1 Å². The molecule has 0 amide bonds. The van der Waals surface area contributed by atoms with E-state index in [0.717, 1.165) is 0 Å². The first kappa shape index (κ1) is 13.9. The molecule has 2 aromatic rings. The van der Waals surface area contributed by atoms with Crippen molar-refractivity contribution < 1.29 is 9.84 Å². The second kappa shape index (κ2) is 5.36. The number of halogens is 1. The van der Waals surface area contributed by atoms with Crippen LogP contribution in [0.4, 0.5) is 5.82 Å². The zero-order chi connectivity index (χ0) is 14.3. The number of nitrogens with two attached hydrogens (primary N) is 1. The number of aliphatic hydroxyl groups excluding tert-OH is 1. The lowest BCUT2D eigenvalue weighted by molar-refractivity contribution is -0.00343. The molecule has 108 valence electrons. The maximum atomic E-state index is 10.1. The smallest absolute Gasteiger partial charge is 0.167 e. The zero-order valence-electron chi connectivity index (χ0n) is 10.7. The lowest BCUT2D eigenvalue weighted by Crippen LogP contribution is -2.29. The lowest BCUT2D eigenvalue weighted by Gasteiger charge is -2.15. The van der Waals surface area contributed by atoms with Crippen LogP contribution in [0.5, 0.6) is 0 Å². The van der Waals surface area contributed by atoms with Gasteiger partial charge < -0.3 is 15.6 Å². The Balaban J connectivity index is 1.97. The average molecular weight is 316 g/mol. The summed E-state index contributed by atoms with van der Waals surface area (Å²) in [6, 6.07) is 0.